The van der Waals surface area contributed by atoms with Gasteiger partial charge >= 0.3 is 0 Å². The minimum absolute atomic E-state index is 0.253. The molecular weight excluding hydrogens is 200 g/mol. The van der Waals surface area contributed by atoms with E-state index in [1.807, 2.05) is 6.08 Å². The molecule has 0 aromatic carbocycles. The van der Waals surface area contributed by atoms with Gasteiger partial charge in [0.15, 0.2) is 11.3 Å². The van der Waals surface area contributed by atoms with Crippen LogP contribution < -0.4 is 10.6 Å². The van der Waals surface area contributed by atoms with Gasteiger partial charge in [-0.1, -0.05) is 12.5 Å². The molecule has 1 saturated heterocycles. The Hall–Kier alpha value is -0.650. The van der Waals surface area contributed by atoms with Crippen molar-refractivity contribution < 1.29 is 10.2 Å². The van der Waals surface area contributed by atoms with Crippen LogP contribution in [0.5, 0.6) is 0 Å². The Labute approximate surface area is 89.0 Å². The van der Waals surface area contributed by atoms with Crippen LogP contribution >= 0.6 is 12.2 Å². The number of rotatable bonds is 5. The van der Waals surface area contributed by atoms with Crippen LogP contribution in [-0.2, 0) is 0 Å². The summed E-state index contributed by atoms with van der Waals surface area (Å²) in [5, 5.41) is 24.0. The lowest BCUT2D eigenvalue weighted by Gasteiger charge is -2.02. The smallest absolute Gasteiger partial charge is 0.172 e. The number of unbranched alkanes of at least 4 members (excludes halogenated alkanes) is 3. The fourth-order valence-electron chi connectivity index (χ4n) is 1.29. The largest absolute Gasteiger partial charge is 0.396 e. The first kappa shape index (κ1) is 11.4. The molecule has 1 rings (SSSR count). The molecule has 5 heteroatoms. The summed E-state index contributed by atoms with van der Waals surface area (Å²) >= 11 is 4.84. The van der Waals surface area contributed by atoms with Gasteiger partial charge in [0.05, 0.1) is 5.70 Å². The lowest BCUT2D eigenvalue weighted by atomic mass is 10.2. The highest BCUT2D eigenvalue weighted by Crippen LogP contribution is 2.07. The van der Waals surface area contributed by atoms with E-state index in [1.54, 1.807) is 0 Å². The van der Waals surface area contributed by atoms with E-state index in [9.17, 15) is 5.11 Å². The zero-order valence-corrected chi connectivity index (χ0v) is 8.81. The second-order valence-electron chi connectivity index (χ2n) is 3.23. The van der Waals surface area contributed by atoms with Crippen LogP contribution in [0.3, 0.4) is 0 Å². The molecule has 0 radical (unpaired) electrons. The second kappa shape index (κ2) is 5.95. The third kappa shape index (κ3) is 3.61. The molecule has 14 heavy (non-hydrogen) atoms. The first-order chi connectivity index (χ1) is 6.74. The molecule has 0 amide bonds. The fraction of sp³-hybridized carbons (Fsp3) is 0.667. The summed E-state index contributed by atoms with van der Waals surface area (Å²) in [6, 6.07) is 0. The van der Waals surface area contributed by atoms with Crippen molar-refractivity contribution in [1.82, 2.24) is 10.6 Å². The molecule has 1 fully saturated rings. The first-order valence-electron chi connectivity index (χ1n) is 4.80. The lowest BCUT2D eigenvalue weighted by molar-refractivity contribution is 0.204. The topological polar surface area (TPSA) is 64.5 Å². The van der Waals surface area contributed by atoms with Gasteiger partial charge in [-0.05, 0) is 31.5 Å². The van der Waals surface area contributed by atoms with E-state index in [0.29, 0.717) is 5.11 Å². The monoisotopic (exact) mass is 216 g/mol. The number of aliphatic hydroxyl groups is 2. The van der Waals surface area contributed by atoms with Crippen LogP contribution in [0.25, 0.3) is 0 Å². The number of hydrogen-bond donors (Lipinski definition) is 4. The van der Waals surface area contributed by atoms with Gasteiger partial charge in [0.1, 0.15) is 0 Å². The van der Waals surface area contributed by atoms with Crippen molar-refractivity contribution >= 4 is 17.3 Å². The molecule has 80 valence electrons. The summed E-state index contributed by atoms with van der Waals surface area (Å²) in [7, 11) is 0. The number of hydrogen-bond acceptors (Lipinski definition) is 3. The molecular formula is C9H16N2O2S. The van der Waals surface area contributed by atoms with Gasteiger partial charge in [0.25, 0.3) is 0 Å². The summed E-state index contributed by atoms with van der Waals surface area (Å²) in [6.07, 6.45) is 5.02. The second-order valence-corrected chi connectivity index (χ2v) is 3.64. The van der Waals surface area contributed by atoms with Crippen molar-refractivity contribution in [1.29, 1.82) is 0 Å². The van der Waals surface area contributed by atoms with Crippen LogP contribution in [0.1, 0.15) is 25.7 Å². The maximum Gasteiger partial charge on any atom is 0.172 e. The summed E-state index contributed by atoms with van der Waals surface area (Å²) in [4.78, 5) is 0. The molecule has 1 atom stereocenters. The van der Waals surface area contributed by atoms with Crippen LogP contribution in [0.4, 0.5) is 0 Å². The van der Waals surface area contributed by atoms with Gasteiger partial charge < -0.3 is 20.8 Å². The molecule has 4 nitrogen and oxygen atoms in total. The van der Waals surface area contributed by atoms with E-state index in [1.165, 1.54) is 0 Å². The Morgan fingerprint density at radius 1 is 1.36 bits per heavy atom. The fourth-order valence-corrected chi connectivity index (χ4v) is 1.52. The van der Waals surface area contributed by atoms with Gasteiger partial charge in [-0.25, -0.2) is 0 Å². The van der Waals surface area contributed by atoms with Crippen molar-refractivity contribution in [3.8, 4) is 0 Å². The number of aliphatic hydroxyl groups excluding tert-OH is 2. The summed E-state index contributed by atoms with van der Waals surface area (Å²) in [5.74, 6) is 0. The van der Waals surface area contributed by atoms with E-state index in [2.05, 4.69) is 10.6 Å². The van der Waals surface area contributed by atoms with E-state index >= 15 is 0 Å². The average molecular weight is 216 g/mol. The lowest BCUT2D eigenvalue weighted by Crippen LogP contribution is -2.25. The molecule has 1 heterocycles. The Kier molecular flexibility index (Phi) is 4.86. The molecule has 0 bridgehead atoms. The standard InChI is InChI=1S/C9H16N2O2S/c12-6-4-2-1-3-5-7-8(13)11-9(14)10-7/h5,8,12-13H,1-4,6H2,(H2,10,11,14)/b7-5-. The van der Waals surface area contributed by atoms with Crippen LogP contribution in [0.2, 0.25) is 0 Å². The highest BCUT2D eigenvalue weighted by atomic mass is 32.1. The van der Waals surface area contributed by atoms with Crippen molar-refractivity contribution in [2.24, 2.45) is 0 Å². The number of allylic oxidation sites excluding steroid dienone is 1. The summed E-state index contributed by atoms with van der Waals surface area (Å²) < 4.78 is 0. The Balaban J connectivity index is 2.20. The zero-order valence-electron chi connectivity index (χ0n) is 7.99. The van der Waals surface area contributed by atoms with Gasteiger partial charge in [0, 0.05) is 6.61 Å². The average Bonchev–Trinajstić information content (AvgIpc) is 2.45. The predicted molar refractivity (Wildman–Crippen MR) is 58.5 cm³/mol. The molecule has 0 saturated carbocycles. The maximum absolute atomic E-state index is 9.39. The molecule has 0 spiro atoms. The quantitative estimate of drug-likeness (QED) is 0.391. The Morgan fingerprint density at radius 2 is 2.14 bits per heavy atom. The molecule has 0 aromatic rings. The van der Waals surface area contributed by atoms with Crippen molar-refractivity contribution in [3.63, 3.8) is 0 Å². The van der Waals surface area contributed by atoms with Gasteiger partial charge in [-0.2, -0.15) is 0 Å². The first-order valence-corrected chi connectivity index (χ1v) is 5.21. The zero-order chi connectivity index (χ0) is 10.4. The summed E-state index contributed by atoms with van der Waals surface area (Å²) in [6.45, 7) is 0.253. The molecule has 1 unspecified atom stereocenters. The normalized spacial score (nSPS) is 23.7. The van der Waals surface area contributed by atoms with Crippen molar-refractivity contribution in [2.75, 3.05) is 6.61 Å². The Morgan fingerprint density at radius 3 is 2.71 bits per heavy atom. The summed E-state index contributed by atoms with van der Waals surface area (Å²) in [5.41, 5.74) is 0.735. The van der Waals surface area contributed by atoms with E-state index < -0.39 is 6.23 Å². The van der Waals surface area contributed by atoms with E-state index in [-0.39, 0.29) is 6.61 Å². The molecule has 0 aromatic heterocycles. The van der Waals surface area contributed by atoms with Crippen LogP contribution in [0, 0.1) is 0 Å². The highest BCUT2D eigenvalue weighted by molar-refractivity contribution is 7.80. The molecule has 1 aliphatic rings. The third-order valence-electron chi connectivity index (χ3n) is 2.05. The van der Waals surface area contributed by atoms with Gasteiger partial charge in [-0.3, -0.25) is 0 Å². The number of thiocarbonyl (C=S) groups is 1. The van der Waals surface area contributed by atoms with Crippen molar-refractivity contribution in [3.05, 3.63) is 11.8 Å². The third-order valence-corrected chi connectivity index (χ3v) is 2.27. The minimum Gasteiger partial charge on any atom is -0.396 e. The van der Waals surface area contributed by atoms with Gasteiger partial charge in [-0.15, -0.1) is 0 Å². The van der Waals surface area contributed by atoms with Crippen molar-refractivity contribution in [2.45, 2.75) is 31.9 Å². The maximum atomic E-state index is 9.39. The van der Waals surface area contributed by atoms with E-state index in [0.717, 1.165) is 31.4 Å². The molecule has 1 aliphatic heterocycles. The van der Waals surface area contributed by atoms with Crippen LogP contribution in [-0.4, -0.2) is 28.2 Å². The number of nitrogens with one attached hydrogen (secondary N) is 2. The van der Waals surface area contributed by atoms with E-state index in [4.69, 9.17) is 17.3 Å². The minimum atomic E-state index is -0.680. The van der Waals surface area contributed by atoms with Gasteiger partial charge in [0.2, 0.25) is 0 Å². The molecule has 4 N–H and O–H groups in total. The highest BCUT2D eigenvalue weighted by Gasteiger charge is 2.19. The van der Waals surface area contributed by atoms with Crippen LogP contribution in [0.15, 0.2) is 11.8 Å². The molecule has 0 aliphatic carbocycles. The SMILES string of the molecule is OCCCCC/C=C1\NC(=S)NC1O. The Bertz CT molecular complexity index is 231. The predicted octanol–water partition coefficient (Wildman–Crippen LogP) is 0.219.